The van der Waals surface area contributed by atoms with Crippen molar-refractivity contribution < 1.29 is 9.59 Å². The minimum absolute atomic E-state index is 0.126. The number of hydrogen-bond donors (Lipinski definition) is 2. The number of halogens is 2. The quantitative estimate of drug-likeness (QED) is 0.288. The number of aromatic nitrogens is 3. The van der Waals surface area contributed by atoms with Gasteiger partial charge in [0.15, 0.2) is 5.16 Å². The van der Waals surface area contributed by atoms with E-state index in [0.29, 0.717) is 46.1 Å². The minimum atomic E-state index is -0.258. The number of hydrogen-bond acceptors (Lipinski definition) is 5. The summed E-state index contributed by atoms with van der Waals surface area (Å²) in [4.78, 5) is 24.8. The fourth-order valence-corrected chi connectivity index (χ4v) is 4.39. The van der Waals surface area contributed by atoms with Crippen molar-refractivity contribution in [2.75, 3.05) is 17.6 Å². The summed E-state index contributed by atoms with van der Waals surface area (Å²) in [7, 11) is 0. The number of allylic oxidation sites excluding steroid dienone is 1. The van der Waals surface area contributed by atoms with E-state index in [1.807, 2.05) is 30.5 Å². The molecule has 2 amide bonds. The highest BCUT2D eigenvalue weighted by Gasteiger charge is 2.15. The number of thioether (sulfide) groups is 1. The summed E-state index contributed by atoms with van der Waals surface area (Å²) in [5.41, 5.74) is 3.37. The van der Waals surface area contributed by atoms with Crippen LogP contribution in [0.25, 0.3) is 0 Å². The first kappa shape index (κ1) is 25.8. The zero-order valence-corrected chi connectivity index (χ0v) is 21.2. The van der Waals surface area contributed by atoms with Crippen molar-refractivity contribution in [2.24, 2.45) is 0 Å². The van der Waals surface area contributed by atoms with Crippen molar-refractivity contribution in [3.8, 4) is 0 Å². The zero-order chi connectivity index (χ0) is 24.7. The van der Waals surface area contributed by atoms with Crippen molar-refractivity contribution in [3.05, 3.63) is 81.6 Å². The molecule has 2 aromatic carbocycles. The first-order chi connectivity index (χ1) is 16.3. The number of benzene rings is 2. The predicted octanol–water partition coefficient (Wildman–Crippen LogP) is 5.09. The van der Waals surface area contributed by atoms with E-state index in [-0.39, 0.29) is 17.6 Å². The Labute approximate surface area is 212 Å². The van der Waals surface area contributed by atoms with Crippen LogP contribution in [0.5, 0.6) is 0 Å². The number of amides is 2. The molecule has 3 aromatic rings. The molecule has 0 saturated heterocycles. The molecule has 0 radical (unpaired) electrons. The third-order valence-electron chi connectivity index (χ3n) is 4.76. The van der Waals surface area contributed by atoms with Gasteiger partial charge in [-0.15, -0.1) is 16.8 Å². The van der Waals surface area contributed by atoms with Gasteiger partial charge in [0.05, 0.1) is 15.8 Å². The lowest BCUT2D eigenvalue weighted by molar-refractivity contribution is -0.113. The summed E-state index contributed by atoms with van der Waals surface area (Å²) in [5.74, 6) is 0.493. The van der Waals surface area contributed by atoms with Crippen molar-refractivity contribution in [2.45, 2.75) is 32.0 Å². The van der Waals surface area contributed by atoms with Crippen LogP contribution in [-0.4, -0.2) is 38.9 Å². The molecule has 3 rings (SSSR count). The standard InChI is InChI=1S/C24H25Cl2N5O2S/c1-4-9-31-21(7-8-27-23(33)17-5-6-19(25)20(26)13-17)29-30-24(31)34-14-22(32)28-18-11-15(2)10-16(3)12-18/h4-6,10-13H,1,7-9,14H2,2-3H3,(H,27,33)(H,28,32). The molecular formula is C24H25Cl2N5O2S. The monoisotopic (exact) mass is 517 g/mol. The number of aryl methyl sites for hydroxylation is 2. The molecule has 0 spiro atoms. The van der Waals surface area contributed by atoms with Crippen LogP contribution in [0.4, 0.5) is 5.69 Å². The molecule has 0 unspecified atom stereocenters. The van der Waals surface area contributed by atoms with Gasteiger partial charge in [0.2, 0.25) is 5.91 Å². The van der Waals surface area contributed by atoms with E-state index in [2.05, 4.69) is 33.5 Å². The number of rotatable bonds is 10. The smallest absolute Gasteiger partial charge is 0.251 e. The van der Waals surface area contributed by atoms with Crippen molar-refractivity contribution >= 4 is 52.5 Å². The van der Waals surface area contributed by atoms with Gasteiger partial charge in [-0.1, -0.05) is 47.1 Å². The van der Waals surface area contributed by atoms with E-state index in [0.717, 1.165) is 16.8 Å². The van der Waals surface area contributed by atoms with E-state index in [1.54, 1.807) is 18.2 Å². The van der Waals surface area contributed by atoms with Crippen LogP contribution in [0.15, 0.2) is 54.2 Å². The Morgan fingerprint density at radius 3 is 2.50 bits per heavy atom. The number of nitrogens with one attached hydrogen (secondary N) is 2. The van der Waals surface area contributed by atoms with E-state index < -0.39 is 0 Å². The molecule has 7 nitrogen and oxygen atoms in total. The maximum atomic E-state index is 12.4. The second-order valence-electron chi connectivity index (χ2n) is 7.65. The highest BCUT2D eigenvalue weighted by molar-refractivity contribution is 7.99. The summed E-state index contributed by atoms with van der Waals surface area (Å²) < 4.78 is 1.88. The topological polar surface area (TPSA) is 88.9 Å². The summed E-state index contributed by atoms with van der Waals surface area (Å²) >= 11 is 13.2. The number of anilines is 1. The van der Waals surface area contributed by atoms with Crippen LogP contribution in [0, 0.1) is 13.8 Å². The first-order valence-corrected chi connectivity index (χ1v) is 12.3. The van der Waals surface area contributed by atoms with Gasteiger partial charge in [0, 0.05) is 30.8 Å². The lowest BCUT2D eigenvalue weighted by atomic mass is 10.1. The fraction of sp³-hybridized carbons (Fsp3) is 0.250. The molecule has 0 saturated carbocycles. The van der Waals surface area contributed by atoms with Crippen LogP contribution in [-0.2, 0) is 17.8 Å². The average Bonchev–Trinajstić information content (AvgIpc) is 3.15. The largest absolute Gasteiger partial charge is 0.352 e. The molecule has 0 bridgehead atoms. The Kier molecular flexibility index (Phi) is 9.15. The van der Waals surface area contributed by atoms with Crippen LogP contribution >= 0.6 is 35.0 Å². The number of carbonyl (C=O) groups is 2. The summed E-state index contributed by atoms with van der Waals surface area (Å²) in [6.45, 7) is 8.61. The van der Waals surface area contributed by atoms with Crippen molar-refractivity contribution in [1.82, 2.24) is 20.1 Å². The molecule has 2 N–H and O–H groups in total. The SMILES string of the molecule is C=CCn1c(CCNC(=O)c2ccc(Cl)c(Cl)c2)nnc1SCC(=O)Nc1cc(C)cc(C)c1. The molecule has 0 atom stereocenters. The minimum Gasteiger partial charge on any atom is -0.352 e. The molecule has 1 heterocycles. The Bertz CT molecular complexity index is 1190. The maximum Gasteiger partial charge on any atom is 0.251 e. The van der Waals surface area contributed by atoms with Gasteiger partial charge in [-0.2, -0.15) is 0 Å². The van der Waals surface area contributed by atoms with Gasteiger partial charge in [-0.05, 0) is 55.3 Å². The Morgan fingerprint density at radius 1 is 1.09 bits per heavy atom. The van der Waals surface area contributed by atoms with Gasteiger partial charge in [0.25, 0.3) is 5.91 Å². The van der Waals surface area contributed by atoms with Crippen LogP contribution in [0.2, 0.25) is 10.0 Å². The molecule has 0 aliphatic carbocycles. The fourth-order valence-electron chi connectivity index (χ4n) is 3.32. The molecular weight excluding hydrogens is 493 g/mol. The Morgan fingerprint density at radius 2 is 1.82 bits per heavy atom. The third-order valence-corrected chi connectivity index (χ3v) is 6.46. The van der Waals surface area contributed by atoms with E-state index in [4.69, 9.17) is 23.2 Å². The molecule has 0 fully saturated rings. The number of carbonyl (C=O) groups excluding carboxylic acids is 2. The highest BCUT2D eigenvalue weighted by atomic mass is 35.5. The Balaban J connectivity index is 1.56. The lowest BCUT2D eigenvalue weighted by Gasteiger charge is -2.10. The molecule has 10 heteroatoms. The second kappa shape index (κ2) is 12.1. The normalized spacial score (nSPS) is 10.7. The summed E-state index contributed by atoms with van der Waals surface area (Å²) in [5, 5.41) is 15.5. The lowest BCUT2D eigenvalue weighted by Crippen LogP contribution is -2.26. The van der Waals surface area contributed by atoms with Gasteiger partial charge >= 0.3 is 0 Å². The van der Waals surface area contributed by atoms with Gasteiger partial charge in [0.1, 0.15) is 5.82 Å². The van der Waals surface area contributed by atoms with Crippen LogP contribution < -0.4 is 10.6 Å². The molecule has 0 aliphatic rings. The van der Waals surface area contributed by atoms with E-state index in [1.165, 1.54) is 17.8 Å². The molecule has 178 valence electrons. The summed E-state index contributed by atoms with van der Waals surface area (Å²) in [6.07, 6.45) is 2.20. The predicted molar refractivity (Wildman–Crippen MR) is 138 cm³/mol. The third kappa shape index (κ3) is 7.09. The first-order valence-electron chi connectivity index (χ1n) is 10.5. The zero-order valence-electron chi connectivity index (χ0n) is 18.9. The van der Waals surface area contributed by atoms with E-state index in [9.17, 15) is 9.59 Å². The van der Waals surface area contributed by atoms with Gasteiger partial charge in [-0.3, -0.25) is 9.59 Å². The van der Waals surface area contributed by atoms with Crippen LogP contribution in [0.3, 0.4) is 0 Å². The maximum absolute atomic E-state index is 12.4. The highest BCUT2D eigenvalue weighted by Crippen LogP contribution is 2.23. The second-order valence-corrected chi connectivity index (χ2v) is 9.40. The van der Waals surface area contributed by atoms with Gasteiger partial charge in [-0.25, -0.2) is 0 Å². The average molecular weight is 518 g/mol. The molecule has 0 aliphatic heterocycles. The summed E-state index contributed by atoms with van der Waals surface area (Å²) in [6, 6.07) is 10.6. The van der Waals surface area contributed by atoms with E-state index >= 15 is 0 Å². The van der Waals surface area contributed by atoms with Crippen molar-refractivity contribution in [1.29, 1.82) is 0 Å². The molecule has 1 aromatic heterocycles. The van der Waals surface area contributed by atoms with Crippen LogP contribution in [0.1, 0.15) is 27.3 Å². The van der Waals surface area contributed by atoms with Crippen molar-refractivity contribution in [3.63, 3.8) is 0 Å². The Hall–Kier alpha value is -2.81. The molecule has 34 heavy (non-hydrogen) atoms. The number of nitrogens with zero attached hydrogens (tertiary/aromatic N) is 3. The van der Waals surface area contributed by atoms with Gasteiger partial charge < -0.3 is 15.2 Å².